The topological polar surface area (TPSA) is 96.8 Å². The number of carbonyl (C=O) groups is 2. The number of hydrogen-bond acceptors (Lipinski definition) is 4. The Labute approximate surface area is 197 Å². The summed E-state index contributed by atoms with van der Waals surface area (Å²) in [7, 11) is 0. The number of pyridine rings is 1. The molecule has 0 aliphatic carbocycles. The molecule has 0 saturated heterocycles. The maximum atomic E-state index is 12.6. The average molecular weight is 456 g/mol. The standard InChI is InChI=1S/C26H25N5O3/c1-3-14-27-26(33)30-21-10-8-20(9-11-21)29-25(32)19-6-12-23(13-7-19)34-17-22-16-31-15-4-5-18(2)24(31)28-22/h3-13,15-16H,1,14,17H2,2H3,(H,29,32)(H2,27,30,33). The fourth-order valence-electron chi connectivity index (χ4n) is 3.31. The molecule has 2 heterocycles. The zero-order chi connectivity index (χ0) is 23.9. The van der Waals surface area contributed by atoms with Gasteiger partial charge in [-0.1, -0.05) is 12.1 Å². The molecule has 0 aliphatic heterocycles. The molecule has 2 aromatic carbocycles. The number of nitrogens with zero attached hydrogens (tertiary/aromatic N) is 2. The lowest BCUT2D eigenvalue weighted by Gasteiger charge is -2.09. The molecule has 0 atom stereocenters. The molecule has 8 heteroatoms. The van der Waals surface area contributed by atoms with Crippen molar-refractivity contribution in [2.24, 2.45) is 0 Å². The molecule has 3 amide bonds. The van der Waals surface area contributed by atoms with Gasteiger partial charge in [-0.3, -0.25) is 4.79 Å². The highest BCUT2D eigenvalue weighted by Crippen LogP contribution is 2.18. The van der Waals surface area contributed by atoms with Crippen LogP contribution >= 0.6 is 0 Å². The summed E-state index contributed by atoms with van der Waals surface area (Å²) in [6.45, 7) is 6.28. The minimum atomic E-state index is -0.324. The minimum Gasteiger partial charge on any atom is -0.487 e. The van der Waals surface area contributed by atoms with E-state index in [0.29, 0.717) is 35.8 Å². The first-order valence-corrected chi connectivity index (χ1v) is 10.7. The zero-order valence-corrected chi connectivity index (χ0v) is 18.7. The Morgan fingerprint density at radius 1 is 1.03 bits per heavy atom. The molecular weight excluding hydrogens is 430 g/mol. The summed E-state index contributed by atoms with van der Waals surface area (Å²) in [6, 6.07) is 17.5. The van der Waals surface area contributed by atoms with Gasteiger partial charge >= 0.3 is 6.03 Å². The van der Waals surface area contributed by atoms with Crippen LogP contribution in [-0.4, -0.2) is 27.9 Å². The third kappa shape index (κ3) is 5.60. The van der Waals surface area contributed by atoms with Crippen LogP contribution in [0, 0.1) is 6.92 Å². The van der Waals surface area contributed by atoms with Gasteiger partial charge in [-0.2, -0.15) is 0 Å². The second-order valence-corrected chi connectivity index (χ2v) is 7.62. The van der Waals surface area contributed by atoms with Gasteiger partial charge in [0, 0.05) is 35.9 Å². The molecule has 0 fully saturated rings. The lowest BCUT2D eigenvalue weighted by atomic mass is 10.2. The van der Waals surface area contributed by atoms with Crippen molar-refractivity contribution in [2.75, 3.05) is 17.2 Å². The van der Waals surface area contributed by atoms with Gasteiger partial charge in [-0.15, -0.1) is 6.58 Å². The highest BCUT2D eigenvalue weighted by Gasteiger charge is 2.08. The number of carbonyl (C=O) groups excluding carboxylic acids is 2. The normalized spacial score (nSPS) is 10.5. The van der Waals surface area contributed by atoms with E-state index in [2.05, 4.69) is 27.5 Å². The van der Waals surface area contributed by atoms with E-state index in [4.69, 9.17) is 4.74 Å². The molecule has 3 N–H and O–H groups in total. The van der Waals surface area contributed by atoms with Gasteiger partial charge in [0.05, 0.1) is 5.69 Å². The molecule has 4 rings (SSSR count). The number of imidazole rings is 1. The smallest absolute Gasteiger partial charge is 0.319 e. The first-order chi connectivity index (χ1) is 16.5. The second-order valence-electron chi connectivity index (χ2n) is 7.62. The molecule has 0 radical (unpaired) electrons. The third-order valence-corrected chi connectivity index (χ3v) is 5.04. The van der Waals surface area contributed by atoms with E-state index in [0.717, 1.165) is 16.9 Å². The van der Waals surface area contributed by atoms with E-state index >= 15 is 0 Å². The summed E-state index contributed by atoms with van der Waals surface area (Å²) in [5.74, 6) is 0.405. The third-order valence-electron chi connectivity index (χ3n) is 5.04. The number of rotatable bonds is 8. The van der Waals surface area contributed by atoms with Crippen molar-refractivity contribution in [2.45, 2.75) is 13.5 Å². The maximum Gasteiger partial charge on any atom is 0.319 e. The van der Waals surface area contributed by atoms with Crippen LogP contribution in [0.25, 0.3) is 5.65 Å². The number of amides is 3. The second kappa shape index (κ2) is 10.4. The van der Waals surface area contributed by atoms with Gasteiger partial charge < -0.3 is 25.1 Å². The number of aryl methyl sites for hydroxylation is 1. The maximum absolute atomic E-state index is 12.6. The predicted octanol–water partition coefficient (Wildman–Crippen LogP) is 4.78. The van der Waals surface area contributed by atoms with Crippen molar-refractivity contribution in [3.05, 3.63) is 103 Å². The summed E-state index contributed by atoms with van der Waals surface area (Å²) in [6.07, 6.45) is 5.50. The SMILES string of the molecule is C=CCNC(=O)Nc1ccc(NC(=O)c2ccc(OCc3cn4cccc(C)c4n3)cc2)cc1. The minimum absolute atomic E-state index is 0.244. The van der Waals surface area contributed by atoms with Crippen LogP contribution in [0.5, 0.6) is 5.75 Å². The van der Waals surface area contributed by atoms with E-state index in [1.807, 2.05) is 35.9 Å². The van der Waals surface area contributed by atoms with Crippen molar-refractivity contribution in [3.63, 3.8) is 0 Å². The predicted molar refractivity (Wildman–Crippen MR) is 132 cm³/mol. The van der Waals surface area contributed by atoms with Gasteiger partial charge in [0.25, 0.3) is 5.91 Å². The summed E-state index contributed by atoms with van der Waals surface area (Å²) in [5.41, 5.74) is 4.57. The highest BCUT2D eigenvalue weighted by atomic mass is 16.5. The number of ether oxygens (including phenoxy) is 1. The number of anilines is 2. The fourth-order valence-corrected chi connectivity index (χ4v) is 3.31. The number of benzene rings is 2. The van der Waals surface area contributed by atoms with Crippen molar-refractivity contribution in [3.8, 4) is 5.75 Å². The Morgan fingerprint density at radius 3 is 2.41 bits per heavy atom. The zero-order valence-electron chi connectivity index (χ0n) is 18.7. The van der Waals surface area contributed by atoms with Crippen LogP contribution in [0.3, 0.4) is 0 Å². The van der Waals surface area contributed by atoms with Crippen LogP contribution in [-0.2, 0) is 6.61 Å². The number of urea groups is 1. The molecule has 2 aromatic heterocycles. The molecule has 0 aliphatic rings. The Bertz CT molecular complexity index is 1310. The van der Waals surface area contributed by atoms with Crippen LogP contribution in [0.4, 0.5) is 16.2 Å². The summed E-state index contributed by atoms with van der Waals surface area (Å²) >= 11 is 0. The molecule has 0 spiro atoms. The van der Waals surface area contributed by atoms with Gasteiger partial charge in [0.1, 0.15) is 18.0 Å². The summed E-state index contributed by atoms with van der Waals surface area (Å²) in [5, 5.41) is 8.16. The molecule has 0 unspecified atom stereocenters. The monoisotopic (exact) mass is 455 g/mol. The van der Waals surface area contributed by atoms with E-state index in [-0.39, 0.29) is 11.9 Å². The number of hydrogen-bond donors (Lipinski definition) is 3. The summed E-state index contributed by atoms with van der Waals surface area (Å²) < 4.78 is 7.81. The Kier molecular flexibility index (Phi) is 6.88. The van der Waals surface area contributed by atoms with Gasteiger partial charge in [-0.05, 0) is 67.1 Å². The van der Waals surface area contributed by atoms with Crippen LogP contribution < -0.4 is 20.7 Å². The summed E-state index contributed by atoms with van der Waals surface area (Å²) in [4.78, 5) is 28.8. The van der Waals surface area contributed by atoms with Gasteiger partial charge in [-0.25, -0.2) is 9.78 Å². The number of fused-ring (bicyclic) bond motifs is 1. The molecule has 4 aromatic rings. The van der Waals surface area contributed by atoms with Crippen LogP contribution in [0.2, 0.25) is 0 Å². The van der Waals surface area contributed by atoms with Gasteiger partial charge in [0.15, 0.2) is 0 Å². The molecule has 0 saturated carbocycles. The van der Waals surface area contributed by atoms with Gasteiger partial charge in [0.2, 0.25) is 0 Å². The molecule has 8 nitrogen and oxygen atoms in total. The van der Waals surface area contributed by atoms with Crippen LogP contribution in [0.1, 0.15) is 21.6 Å². The molecular formula is C26H25N5O3. The molecule has 34 heavy (non-hydrogen) atoms. The first kappa shape index (κ1) is 22.6. The molecule has 172 valence electrons. The quantitative estimate of drug-likeness (QED) is 0.333. The Hall–Kier alpha value is -4.59. The van der Waals surface area contributed by atoms with E-state index in [1.54, 1.807) is 54.6 Å². The molecule has 0 bridgehead atoms. The largest absolute Gasteiger partial charge is 0.487 e. The van der Waals surface area contributed by atoms with Crippen molar-refractivity contribution < 1.29 is 14.3 Å². The lowest BCUT2D eigenvalue weighted by Crippen LogP contribution is -2.28. The van der Waals surface area contributed by atoms with Crippen molar-refractivity contribution in [1.29, 1.82) is 0 Å². The fraction of sp³-hybridized carbons (Fsp3) is 0.115. The lowest BCUT2D eigenvalue weighted by molar-refractivity contribution is 0.102. The van der Waals surface area contributed by atoms with E-state index in [1.165, 1.54) is 0 Å². The first-order valence-electron chi connectivity index (χ1n) is 10.7. The Morgan fingerprint density at radius 2 is 1.74 bits per heavy atom. The number of aromatic nitrogens is 2. The van der Waals surface area contributed by atoms with Crippen LogP contribution in [0.15, 0.2) is 85.7 Å². The van der Waals surface area contributed by atoms with Crippen molar-refractivity contribution >= 4 is 29.0 Å². The van der Waals surface area contributed by atoms with E-state index < -0.39 is 0 Å². The Balaban J connectivity index is 1.30. The van der Waals surface area contributed by atoms with E-state index in [9.17, 15) is 9.59 Å². The average Bonchev–Trinajstić information content (AvgIpc) is 3.27. The number of nitrogens with one attached hydrogen (secondary N) is 3. The van der Waals surface area contributed by atoms with Crippen molar-refractivity contribution in [1.82, 2.24) is 14.7 Å². The highest BCUT2D eigenvalue weighted by molar-refractivity contribution is 6.04.